The molecule has 4 unspecified atom stereocenters. The maximum absolute atomic E-state index is 12.7. The molecule has 4 atom stereocenters. The van der Waals surface area contributed by atoms with Crippen molar-refractivity contribution in [2.45, 2.75) is 63.6 Å². The van der Waals surface area contributed by atoms with Crippen molar-refractivity contribution in [3.05, 3.63) is 0 Å². The molecule has 112 valence electrons. The van der Waals surface area contributed by atoms with Crippen LogP contribution in [0.2, 0.25) is 0 Å². The summed E-state index contributed by atoms with van der Waals surface area (Å²) in [7, 11) is 0. The Bertz CT molecular complexity index is 398. The van der Waals surface area contributed by atoms with E-state index in [1.54, 1.807) is 0 Å². The maximum Gasteiger partial charge on any atom is 0.303 e. The zero-order valence-electron chi connectivity index (χ0n) is 12.0. The first-order valence-electron chi connectivity index (χ1n) is 7.83. The molecule has 5 heteroatoms. The fourth-order valence-electron chi connectivity index (χ4n) is 4.39. The Kier molecular flexibility index (Phi) is 3.71. The summed E-state index contributed by atoms with van der Waals surface area (Å²) in [6.45, 7) is 3.07. The number of carbonyl (C=O) groups excluding carboxylic acids is 1. The number of hydrogen-bond acceptors (Lipinski definition) is 3. The smallest absolute Gasteiger partial charge is 0.303 e. The van der Waals surface area contributed by atoms with Gasteiger partial charge in [-0.25, -0.2) is 0 Å². The van der Waals surface area contributed by atoms with Crippen LogP contribution in [0.5, 0.6) is 0 Å². The average molecular weight is 280 g/mol. The van der Waals surface area contributed by atoms with E-state index in [1.807, 2.05) is 0 Å². The van der Waals surface area contributed by atoms with Crippen LogP contribution < -0.4 is 5.32 Å². The van der Waals surface area contributed by atoms with Crippen LogP contribution in [0.4, 0.5) is 0 Å². The number of carboxylic acid groups (broad SMARTS) is 1. The Morgan fingerprint density at radius 2 is 1.85 bits per heavy atom. The molecule has 0 spiro atoms. The zero-order chi connectivity index (χ0) is 14.3. The largest absolute Gasteiger partial charge is 0.481 e. The molecule has 3 aliphatic heterocycles. The van der Waals surface area contributed by atoms with Crippen molar-refractivity contribution in [2.75, 3.05) is 6.54 Å². The van der Waals surface area contributed by atoms with Crippen molar-refractivity contribution in [3.8, 4) is 0 Å². The van der Waals surface area contributed by atoms with Gasteiger partial charge in [0.1, 0.15) is 0 Å². The van der Waals surface area contributed by atoms with E-state index in [0.717, 1.165) is 38.6 Å². The lowest BCUT2D eigenvalue weighted by Gasteiger charge is -2.40. The molecular weight excluding hydrogens is 256 g/mol. The van der Waals surface area contributed by atoms with Gasteiger partial charge in [-0.15, -0.1) is 0 Å². The monoisotopic (exact) mass is 280 g/mol. The second-order valence-electron chi connectivity index (χ2n) is 6.76. The van der Waals surface area contributed by atoms with Gasteiger partial charge in [-0.2, -0.15) is 0 Å². The fourth-order valence-corrected chi connectivity index (χ4v) is 4.39. The summed E-state index contributed by atoms with van der Waals surface area (Å²) >= 11 is 0. The van der Waals surface area contributed by atoms with E-state index in [-0.39, 0.29) is 36.4 Å². The van der Waals surface area contributed by atoms with E-state index < -0.39 is 5.97 Å². The lowest BCUT2D eigenvalue weighted by Crippen LogP contribution is -2.53. The number of aliphatic carboxylic acids is 1. The topological polar surface area (TPSA) is 69.6 Å². The quantitative estimate of drug-likeness (QED) is 0.816. The second kappa shape index (κ2) is 5.35. The summed E-state index contributed by atoms with van der Waals surface area (Å²) in [5.41, 5.74) is 0. The molecule has 3 rings (SSSR count). The molecule has 3 heterocycles. The van der Waals surface area contributed by atoms with Gasteiger partial charge in [-0.05, 0) is 50.5 Å². The zero-order valence-corrected chi connectivity index (χ0v) is 12.0. The highest BCUT2D eigenvalue weighted by molar-refractivity contribution is 5.83. The van der Waals surface area contributed by atoms with Gasteiger partial charge in [-0.1, -0.05) is 6.92 Å². The highest BCUT2D eigenvalue weighted by atomic mass is 16.4. The summed E-state index contributed by atoms with van der Waals surface area (Å²) in [4.78, 5) is 25.7. The van der Waals surface area contributed by atoms with Gasteiger partial charge in [-0.3, -0.25) is 9.59 Å². The number of nitrogens with one attached hydrogen (secondary N) is 1. The van der Waals surface area contributed by atoms with Gasteiger partial charge in [0, 0.05) is 18.5 Å². The van der Waals surface area contributed by atoms with Gasteiger partial charge in [0.25, 0.3) is 0 Å². The SMILES string of the molecule is CC1CCNC1C(=O)N1C2CCC1CC(CC(=O)O)C2. The molecule has 3 aliphatic rings. The van der Waals surface area contributed by atoms with E-state index in [9.17, 15) is 9.59 Å². The molecule has 0 radical (unpaired) electrons. The van der Waals surface area contributed by atoms with Crippen LogP contribution in [0.25, 0.3) is 0 Å². The minimum absolute atomic E-state index is 0.0193. The predicted octanol–water partition coefficient (Wildman–Crippen LogP) is 1.23. The number of rotatable bonds is 3. The van der Waals surface area contributed by atoms with Gasteiger partial charge in [0.05, 0.1) is 6.04 Å². The van der Waals surface area contributed by atoms with Crippen LogP contribution in [0, 0.1) is 11.8 Å². The molecular formula is C15H24N2O3. The third kappa shape index (κ3) is 2.43. The molecule has 2 bridgehead atoms. The summed E-state index contributed by atoms with van der Waals surface area (Å²) in [5, 5.41) is 12.3. The van der Waals surface area contributed by atoms with E-state index in [0.29, 0.717) is 5.92 Å². The van der Waals surface area contributed by atoms with Crippen LogP contribution >= 0.6 is 0 Å². The molecule has 2 N–H and O–H groups in total. The number of hydrogen-bond donors (Lipinski definition) is 2. The minimum atomic E-state index is -0.708. The summed E-state index contributed by atoms with van der Waals surface area (Å²) in [6, 6.07) is 0.537. The summed E-state index contributed by atoms with van der Waals surface area (Å²) in [6.07, 6.45) is 5.17. The molecule has 0 aromatic heterocycles. The molecule has 3 fully saturated rings. The van der Waals surface area contributed by atoms with Crippen molar-refractivity contribution in [2.24, 2.45) is 11.8 Å². The number of nitrogens with zero attached hydrogens (tertiary/aromatic N) is 1. The fraction of sp³-hybridized carbons (Fsp3) is 0.867. The second-order valence-corrected chi connectivity index (χ2v) is 6.76. The third-order valence-corrected chi connectivity index (χ3v) is 5.35. The van der Waals surface area contributed by atoms with Crippen molar-refractivity contribution in [1.82, 2.24) is 10.2 Å². The van der Waals surface area contributed by atoms with Crippen LogP contribution in [0.1, 0.15) is 45.4 Å². The highest BCUT2D eigenvalue weighted by Crippen LogP contribution is 2.40. The maximum atomic E-state index is 12.7. The molecule has 0 aromatic rings. The Balaban J connectivity index is 1.67. The molecule has 20 heavy (non-hydrogen) atoms. The molecule has 0 saturated carbocycles. The molecule has 5 nitrogen and oxygen atoms in total. The number of carbonyl (C=O) groups is 2. The standard InChI is InChI=1S/C15H24N2O3/c1-9-4-5-16-14(9)15(20)17-11-2-3-12(17)7-10(6-11)8-13(18)19/h9-12,14,16H,2-8H2,1H3,(H,18,19). The summed E-state index contributed by atoms with van der Waals surface area (Å²) < 4.78 is 0. The Morgan fingerprint density at radius 3 is 2.35 bits per heavy atom. The first-order chi connectivity index (χ1) is 9.56. The van der Waals surface area contributed by atoms with Gasteiger partial charge in [0.15, 0.2) is 0 Å². The van der Waals surface area contributed by atoms with Crippen LogP contribution in [0.3, 0.4) is 0 Å². The predicted molar refractivity (Wildman–Crippen MR) is 74.2 cm³/mol. The molecule has 0 aliphatic carbocycles. The first-order valence-corrected chi connectivity index (χ1v) is 7.83. The van der Waals surface area contributed by atoms with Gasteiger partial charge >= 0.3 is 5.97 Å². The molecule has 3 saturated heterocycles. The van der Waals surface area contributed by atoms with Crippen molar-refractivity contribution < 1.29 is 14.7 Å². The van der Waals surface area contributed by atoms with Gasteiger partial charge in [0.2, 0.25) is 5.91 Å². The van der Waals surface area contributed by atoms with E-state index >= 15 is 0 Å². The number of amides is 1. The lowest BCUT2D eigenvalue weighted by molar-refractivity contribution is -0.141. The van der Waals surface area contributed by atoms with Gasteiger partial charge < -0.3 is 15.3 Å². The van der Waals surface area contributed by atoms with Crippen molar-refractivity contribution >= 4 is 11.9 Å². The van der Waals surface area contributed by atoms with Crippen LogP contribution in [-0.2, 0) is 9.59 Å². The van der Waals surface area contributed by atoms with Crippen LogP contribution in [0.15, 0.2) is 0 Å². The molecule has 0 aromatic carbocycles. The van der Waals surface area contributed by atoms with Crippen LogP contribution in [-0.4, -0.2) is 46.6 Å². The van der Waals surface area contributed by atoms with Crippen molar-refractivity contribution in [3.63, 3.8) is 0 Å². The number of piperidine rings is 1. The Labute approximate surface area is 119 Å². The minimum Gasteiger partial charge on any atom is -0.481 e. The first kappa shape index (κ1) is 13.9. The van der Waals surface area contributed by atoms with E-state index in [2.05, 4.69) is 17.1 Å². The third-order valence-electron chi connectivity index (χ3n) is 5.35. The number of carboxylic acids is 1. The highest BCUT2D eigenvalue weighted by Gasteiger charge is 2.46. The average Bonchev–Trinajstić information content (AvgIpc) is 2.90. The number of fused-ring (bicyclic) bond motifs is 2. The molecule has 1 amide bonds. The lowest BCUT2D eigenvalue weighted by atomic mass is 9.87. The normalized spacial score (nSPS) is 40.0. The summed E-state index contributed by atoms with van der Waals surface area (Å²) in [5.74, 6) is 0.221. The van der Waals surface area contributed by atoms with Crippen molar-refractivity contribution in [1.29, 1.82) is 0 Å². The Morgan fingerprint density at radius 1 is 1.20 bits per heavy atom. The van der Waals surface area contributed by atoms with E-state index in [4.69, 9.17) is 5.11 Å². The van der Waals surface area contributed by atoms with E-state index in [1.165, 1.54) is 0 Å². The Hall–Kier alpha value is -1.10.